The fourth-order valence-corrected chi connectivity index (χ4v) is 3.19. The van der Waals surface area contributed by atoms with Crippen LogP contribution in [-0.2, 0) is 0 Å². The molecule has 1 heterocycles. The van der Waals surface area contributed by atoms with Crippen LogP contribution in [-0.4, -0.2) is 21.8 Å². The van der Waals surface area contributed by atoms with Gasteiger partial charge in [-0.15, -0.1) is 0 Å². The number of nitrogen functional groups attached to an aromatic ring is 1. The van der Waals surface area contributed by atoms with E-state index in [1.54, 1.807) is 6.20 Å². The first kappa shape index (κ1) is 16.2. The summed E-state index contributed by atoms with van der Waals surface area (Å²) in [5.41, 5.74) is 9.05. The van der Waals surface area contributed by atoms with Gasteiger partial charge in [0, 0.05) is 23.4 Å². The standard InChI is InChI=1S/C19H21N3O2/c20-16-11-17(19(23)24)21-12-15(16)18(13-7-3-1-4-8-13)22-14-9-5-2-6-10-14/h2,5-6,9-13H,1,3-4,7-8H2,(H2,20,21)(H,23,24). The molecule has 0 saturated heterocycles. The maximum Gasteiger partial charge on any atom is 0.354 e. The Hall–Kier alpha value is -2.69. The third kappa shape index (κ3) is 3.62. The number of anilines is 1. The molecule has 0 radical (unpaired) electrons. The van der Waals surface area contributed by atoms with E-state index in [-0.39, 0.29) is 5.69 Å². The number of carboxylic acid groups (broad SMARTS) is 1. The molecular formula is C19H21N3O2. The number of aromatic carboxylic acids is 1. The van der Waals surface area contributed by atoms with Crippen LogP contribution < -0.4 is 5.73 Å². The van der Waals surface area contributed by atoms with Crippen molar-refractivity contribution in [3.05, 3.63) is 53.9 Å². The summed E-state index contributed by atoms with van der Waals surface area (Å²) < 4.78 is 0. The highest BCUT2D eigenvalue weighted by molar-refractivity contribution is 6.07. The van der Waals surface area contributed by atoms with Crippen molar-refractivity contribution in [3.63, 3.8) is 0 Å². The van der Waals surface area contributed by atoms with Crippen molar-refractivity contribution in [2.75, 3.05) is 5.73 Å². The van der Waals surface area contributed by atoms with Gasteiger partial charge < -0.3 is 10.8 Å². The van der Waals surface area contributed by atoms with Crippen LogP contribution in [0.1, 0.15) is 48.2 Å². The van der Waals surface area contributed by atoms with Crippen LogP contribution in [0.15, 0.2) is 47.6 Å². The fourth-order valence-electron chi connectivity index (χ4n) is 3.19. The Kier molecular flexibility index (Phi) is 4.89. The molecule has 5 nitrogen and oxygen atoms in total. The number of aliphatic imine (C=N–C) groups is 1. The number of benzene rings is 1. The van der Waals surface area contributed by atoms with Gasteiger partial charge in [-0.25, -0.2) is 9.78 Å². The minimum atomic E-state index is -1.08. The number of carboxylic acids is 1. The van der Waals surface area contributed by atoms with Crippen LogP contribution in [0.5, 0.6) is 0 Å². The number of nitrogens with two attached hydrogens (primary N) is 1. The molecular weight excluding hydrogens is 302 g/mol. The minimum Gasteiger partial charge on any atom is -0.477 e. The summed E-state index contributed by atoms with van der Waals surface area (Å²) in [6, 6.07) is 11.2. The number of aromatic nitrogens is 1. The third-order valence-corrected chi connectivity index (χ3v) is 4.43. The van der Waals surface area contributed by atoms with Crippen LogP contribution in [0.3, 0.4) is 0 Å². The van der Waals surface area contributed by atoms with E-state index >= 15 is 0 Å². The lowest BCUT2D eigenvalue weighted by molar-refractivity contribution is 0.0690. The Balaban J connectivity index is 2.04. The number of para-hydroxylation sites is 1. The maximum absolute atomic E-state index is 11.1. The average molecular weight is 323 g/mol. The van der Waals surface area contributed by atoms with Crippen molar-refractivity contribution in [1.29, 1.82) is 0 Å². The lowest BCUT2D eigenvalue weighted by Crippen LogP contribution is -2.21. The third-order valence-electron chi connectivity index (χ3n) is 4.43. The molecule has 0 aliphatic heterocycles. The van der Waals surface area contributed by atoms with Crippen molar-refractivity contribution in [2.24, 2.45) is 10.9 Å². The second-order valence-corrected chi connectivity index (χ2v) is 6.13. The second kappa shape index (κ2) is 7.25. The molecule has 0 amide bonds. The van der Waals surface area contributed by atoms with Gasteiger partial charge in [0.1, 0.15) is 5.69 Å². The number of carbonyl (C=O) groups is 1. The molecule has 1 fully saturated rings. The van der Waals surface area contributed by atoms with Gasteiger partial charge in [0.15, 0.2) is 0 Å². The molecule has 0 unspecified atom stereocenters. The summed E-state index contributed by atoms with van der Waals surface area (Å²) in [5, 5.41) is 9.07. The van der Waals surface area contributed by atoms with Gasteiger partial charge in [0.2, 0.25) is 0 Å². The quantitative estimate of drug-likeness (QED) is 0.830. The molecule has 0 atom stereocenters. The molecule has 0 bridgehead atoms. The number of rotatable bonds is 4. The zero-order chi connectivity index (χ0) is 16.9. The predicted octanol–water partition coefficient (Wildman–Crippen LogP) is 4.06. The molecule has 1 aromatic heterocycles. The Morgan fingerprint density at radius 3 is 2.50 bits per heavy atom. The van der Waals surface area contributed by atoms with Gasteiger partial charge in [-0.05, 0) is 31.0 Å². The summed E-state index contributed by atoms with van der Waals surface area (Å²) in [7, 11) is 0. The van der Waals surface area contributed by atoms with Gasteiger partial charge in [-0.2, -0.15) is 0 Å². The van der Waals surface area contributed by atoms with Crippen LogP contribution in [0, 0.1) is 5.92 Å². The lowest BCUT2D eigenvalue weighted by Gasteiger charge is -2.24. The number of hydrogen-bond donors (Lipinski definition) is 2. The van der Waals surface area contributed by atoms with E-state index in [2.05, 4.69) is 4.98 Å². The predicted molar refractivity (Wildman–Crippen MR) is 94.8 cm³/mol. The normalized spacial score (nSPS) is 16.1. The Morgan fingerprint density at radius 2 is 1.88 bits per heavy atom. The van der Waals surface area contributed by atoms with Crippen molar-refractivity contribution in [1.82, 2.24) is 4.98 Å². The van der Waals surface area contributed by atoms with E-state index in [1.807, 2.05) is 30.3 Å². The number of hydrogen-bond acceptors (Lipinski definition) is 4. The molecule has 1 aliphatic rings. The van der Waals surface area contributed by atoms with Crippen molar-refractivity contribution in [3.8, 4) is 0 Å². The van der Waals surface area contributed by atoms with E-state index in [0.717, 1.165) is 29.8 Å². The highest BCUT2D eigenvalue weighted by atomic mass is 16.4. The van der Waals surface area contributed by atoms with Gasteiger partial charge in [0.25, 0.3) is 0 Å². The Morgan fingerprint density at radius 1 is 1.17 bits per heavy atom. The maximum atomic E-state index is 11.1. The van der Waals surface area contributed by atoms with Crippen molar-refractivity contribution >= 4 is 23.1 Å². The molecule has 3 rings (SSSR count). The summed E-state index contributed by atoms with van der Waals surface area (Å²) in [4.78, 5) is 20.0. The topological polar surface area (TPSA) is 88.6 Å². The molecule has 1 aliphatic carbocycles. The summed E-state index contributed by atoms with van der Waals surface area (Å²) in [6.07, 6.45) is 7.31. The summed E-state index contributed by atoms with van der Waals surface area (Å²) in [6.45, 7) is 0. The molecule has 24 heavy (non-hydrogen) atoms. The van der Waals surface area contributed by atoms with E-state index in [1.165, 1.54) is 25.3 Å². The SMILES string of the molecule is Nc1cc(C(=O)O)ncc1C(=Nc1ccccc1)C1CCCCC1. The highest BCUT2D eigenvalue weighted by Crippen LogP contribution is 2.31. The number of nitrogens with zero attached hydrogens (tertiary/aromatic N) is 2. The fraction of sp³-hybridized carbons (Fsp3) is 0.316. The van der Waals surface area contributed by atoms with Crippen LogP contribution in [0.4, 0.5) is 11.4 Å². The average Bonchev–Trinajstić information content (AvgIpc) is 2.61. The molecule has 3 N–H and O–H groups in total. The van der Waals surface area contributed by atoms with Crippen LogP contribution in [0.25, 0.3) is 0 Å². The first-order valence-corrected chi connectivity index (χ1v) is 8.28. The van der Waals surface area contributed by atoms with E-state index < -0.39 is 5.97 Å². The molecule has 0 spiro atoms. The van der Waals surface area contributed by atoms with E-state index in [0.29, 0.717) is 11.6 Å². The molecule has 124 valence electrons. The first-order valence-electron chi connectivity index (χ1n) is 8.28. The first-order chi connectivity index (χ1) is 11.6. The van der Waals surface area contributed by atoms with Crippen molar-refractivity contribution in [2.45, 2.75) is 32.1 Å². The largest absolute Gasteiger partial charge is 0.477 e. The summed E-state index contributed by atoms with van der Waals surface area (Å²) >= 11 is 0. The van der Waals surface area contributed by atoms with E-state index in [9.17, 15) is 4.79 Å². The van der Waals surface area contributed by atoms with Gasteiger partial charge in [0.05, 0.1) is 11.4 Å². The molecule has 2 aromatic rings. The van der Waals surface area contributed by atoms with Gasteiger partial charge >= 0.3 is 5.97 Å². The number of pyridine rings is 1. The highest BCUT2D eigenvalue weighted by Gasteiger charge is 2.23. The van der Waals surface area contributed by atoms with Crippen LogP contribution >= 0.6 is 0 Å². The smallest absolute Gasteiger partial charge is 0.354 e. The monoisotopic (exact) mass is 323 g/mol. The Bertz CT molecular complexity index is 750. The Labute approximate surface area is 141 Å². The van der Waals surface area contributed by atoms with Crippen molar-refractivity contribution < 1.29 is 9.90 Å². The summed E-state index contributed by atoms with van der Waals surface area (Å²) in [5.74, 6) is -0.744. The van der Waals surface area contributed by atoms with Crippen LogP contribution in [0.2, 0.25) is 0 Å². The lowest BCUT2D eigenvalue weighted by atomic mass is 9.83. The minimum absolute atomic E-state index is 0.0426. The van der Waals surface area contributed by atoms with Gasteiger partial charge in [-0.1, -0.05) is 37.5 Å². The zero-order valence-corrected chi connectivity index (χ0v) is 13.5. The zero-order valence-electron chi connectivity index (χ0n) is 13.5. The molecule has 5 heteroatoms. The van der Waals surface area contributed by atoms with E-state index in [4.69, 9.17) is 15.8 Å². The second-order valence-electron chi connectivity index (χ2n) is 6.13. The van der Waals surface area contributed by atoms with Gasteiger partial charge in [-0.3, -0.25) is 4.99 Å². The molecule has 1 aromatic carbocycles. The molecule has 1 saturated carbocycles.